The fourth-order valence-electron chi connectivity index (χ4n) is 0.893. The molecule has 0 unspecified atom stereocenters. The number of benzene rings is 1. The SMILES string of the molecule is [N-]=[N+]=Nc1ccc(C=O)cc1[N+](=O)[O-]. The van der Waals surface area contributed by atoms with E-state index in [4.69, 9.17) is 5.53 Å². The van der Waals surface area contributed by atoms with Gasteiger partial charge in [0, 0.05) is 16.5 Å². The lowest BCUT2D eigenvalue weighted by atomic mass is 10.2. The van der Waals surface area contributed by atoms with Crippen molar-refractivity contribution < 1.29 is 9.72 Å². The van der Waals surface area contributed by atoms with Crippen LogP contribution in [0, 0.1) is 10.1 Å². The average molecular weight is 192 g/mol. The van der Waals surface area contributed by atoms with Gasteiger partial charge in [-0.05, 0) is 11.6 Å². The second-order valence-corrected chi connectivity index (χ2v) is 2.31. The van der Waals surface area contributed by atoms with Crippen molar-refractivity contribution in [2.45, 2.75) is 0 Å². The maximum absolute atomic E-state index is 10.5. The zero-order chi connectivity index (χ0) is 10.6. The first-order chi connectivity index (χ1) is 6.69. The number of aldehydes is 1. The summed E-state index contributed by atoms with van der Waals surface area (Å²) >= 11 is 0. The van der Waals surface area contributed by atoms with Gasteiger partial charge >= 0.3 is 0 Å². The molecule has 0 atom stereocenters. The molecular weight excluding hydrogens is 188 g/mol. The molecule has 0 aliphatic heterocycles. The van der Waals surface area contributed by atoms with E-state index >= 15 is 0 Å². The number of nitro benzene ring substituents is 1. The number of carbonyl (C=O) groups is 1. The summed E-state index contributed by atoms with van der Waals surface area (Å²) in [5.41, 5.74) is 7.79. The molecule has 0 spiro atoms. The molecule has 0 N–H and O–H groups in total. The zero-order valence-electron chi connectivity index (χ0n) is 6.82. The summed E-state index contributed by atoms with van der Waals surface area (Å²) in [6.45, 7) is 0. The van der Waals surface area contributed by atoms with Crippen LogP contribution in [0.25, 0.3) is 10.4 Å². The van der Waals surface area contributed by atoms with Gasteiger partial charge in [0.05, 0.1) is 4.92 Å². The molecule has 0 bridgehead atoms. The van der Waals surface area contributed by atoms with E-state index in [1.165, 1.54) is 12.1 Å². The molecule has 0 fully saturated rings. The van der Waals surface area contributed by atoms with Gasteiger partial charge in [0.2, 0.25) is 0 Å². The van der Waals surface area contributed by atoms with Crippen molar-refractivity contribution in [3.05, 3.63) is 44.3 Å². The smallest absolute Gasteiger partial charge is 0.279 e. The Morgan fingerprint density at radius 2 is 2.29 bits per heavy atom. The molecule has 7 nitrogen and oxygen atoms in total. The van der Waals surface area contributed by atoms with Crippen LogP contribution in [-0.2, 0) is 0 Å². The minimum atomic E-state index is -0.711. The van der Waals surface area contributed by atoms with Gasteiger partial charge in [0.25, 0.3) is 5.69 Å². The Labute approximate surface area is 77.7 Å². The van der Waals surface area contributed by atoms with Gasteiger partial charge < -0.3 is 0 Å². The van der Waals surface area contributed by atoms with Crippen molar-refractivity contribution in [1.29, 1.82) is 0 Å². The molecule has 0 saturated carbocycles. The summed E-state index contributed by atoms with van der Waals surface area (Å²) in [6.07, 6.45) is 0.479. The summed E-state index contributed by atoms with van der Waals surface area (Å²) in [4.78, 5) is 22.5. The van der Waals surface area contributed by atoms with Crippen LogP contribution in [0.2, 0.25) is 0 Å². The highest BCUT2D eigenvalue weighted by atomic mass is 16.6. The predicted octanol–water partition coefficient (Wildman–Crippen LogP) is 2.35. The van der Waals surface area contributed by atoms with Crippen molar-refractivity contribution in [3.63, 3.8) is 0 Å². The number of hydrogen-bond donors (Lipinski definition) is 0. The Hall–Kier alpha value is -2.40. The van der Waals surface area contributed by atoms with E-state index in [0.29, 0.717) is 6.29 Å². The number of nitrogens with zero attached hydrogens (tertiary/aromatic N) is 4. The molecule has 0 heterocycles. The number of azide groups is 1. The van der Waals surface area contributed by atoms with E-state index in [2.05, 4.69) is 10.0 Å². The van der Waals surface area contributed by atoms with Crippen molar-refractivity contribution in [2.24, 2.45) is 5.11 Å². The highest BCUT2D eigenvalue weighted by Gasteiger charge is 2.12. The first-order valence-electron chi connectivity index (χ1n) is 3.47. The highest BCUT2D eigenvalue weighted by Crippen LogP contribution is 2.27. The van der Waals surface area contributed by atoms with Gasteiger partial charge in [-0.3, -0.25) is 14.9 Å². The Morgan fingerprint density at radius 3 is 2.79 bits per heavy atom. The molecule has 70 valence electrons. The van der Waals surface area contributed by atoms with Gasteiger partial charge in [0.1, 0.15) is 12.0 Å². The molecule has 1 rings (SSSR count). The minimum absolute atomic E-state index is 0.108. The quantitative estimate of drug-likeness (QED) is 0.183. The molecule has 0 saturated heterocycles. The van der Waals surface area contributed by atoms with Gasteiger partial charge in [-0.25, -0.2) is 0 Å². The second kappa shape index (κ2) is 4.01. The Bertz CT molecular complexity index is 437. The monoisotopic (exact) mass is 192 g/mol. The van der Waals surface area contributed by atoms with E-state index < -0.39 is 4.92 Å². The Morgan fingerprint density at radius 1 is 1.57 bits per heavy atom. The van der Waals surface area contributed by atoms with Crippen LogP contribution in [0.4, 0.5) is 11.4 Å². The van der Waals surface area contributed by atoms with Crippen LogP contribution in [0.15, 0.2) is 23.3 Å². The van der Waals surface area contributed by atoms with Crippen molar-refractivity contribution in [2.75, 3.05) is 0 Å². The molecular formula is C7H4N4O3. The van der Waals surface area contributed by atoms with E-state index in [-0.39, 0.29) is 16.9 Å². The van der Waals surface area contributed by atoms with Crippen LogP contribution in [0.5, 0.6) is 0 Å². The topological polar surface area (TPSA) is 109 Å². The van der Waals surface area contributed by atoms with Crippen LogP contribution in [0.1, 0.15) is 10.4 Å². The number of rotatable bonds is 3. The molecule has 7 heteroatoms. The van der Waals surface area contributed by atoms with E-state index in [0.717, 1.165) is 6.07 Å². The van der Waals surface area contributed by atoms with E-state index in [1.807, 2.05) is 0 Å². The predicted molar refractivity (Wildman–Crippen MR) is 47.3 cm³/mol. The minimum Gasteiger partial charge on any atom is -0.298 e. The Balaban J connectivity index is 3.37. The largest absolute Gasteiger partial charge is 0.298 e. The molecule has 0 radical (unpaired) electrons. The molecule has 0 amide bonds. The maximum atomic E-state index is 10.5. The van der Waals surface area contributed by atoms with Crippen LogP contribution < -0.4 is 0 Å². The summed E-state index contributed by atoms with van der Waals surface area (Å²) in [5.74, 6) is 0. The zero-order valence-corrected chi connectivity index (χ0v) is 6.82. The second-order valence-electron chi connectivity index (χ2n) is 2.31. The lowest BCUT2D eigenvalue weighted by Gasteiger charge is -1.96. The molecule has 0 aromatic heterocycles. The number of hydrogen-bond acceptors (Lipinski definition) is 4. The van der Waals surface area contributed by atoms with Crippen molar-refractivity contribution in [3.8, 4) is 0 Å². The maximum Gasteiger partial charge on any atom is 0.279 e. The molecule has 1 aromatic rings. The van der Waals surface area contributed by atoms with Gasteiger partial charge in [-0.1, -0.05) is 11.2 Å². The Kier molecular flexibility index (Phi) is 2.78. The third-order valence-corrected chi connectivity index (χ3v) is 1.48. The molecule has 14 heavy (non-hydrogen) atoms. The lowest BCUT2D eigenvalue weighted by Crippen LogP contribution is -1.90. The van der Waals surface area contributed by atoms with Crippen LogP contribution in [0.3, 0.4) is 0 Å². The summed E-state index contributed by atoms with van der Waals surface area (Å²) in [5, 5.41) is 13.6. The highest BCUT2D eigenvalue weighted by molar-refractivity contribution is 5.78. The lowest BCUT2D eigenvalue weighted by molar-refractivity contribution is -0.384. The van der Waals surface area contributed by atoms with E-state index in [9.17, 15) is 14.9 Å². The number of nitro groups is 1. The number of carbonyl (C=O) groups excluding carboxylic acids is 1. The fraction of sp³-hybridized carbons (Fsp3) is 0. The normalized spacial score (nSPS) is 8.86. The third kappa shape index (κ3) is 1.85. The van der Waals surface area contributed by atoms with Gasteiger partial charge in [-0.2, -0.15) is 0 Å². The first kappa shape index (κ1) is 9.69. The summed E-state index contributed by atoms with van der Waals surface area (Å²) in [7, 11) is 0. The van der Waals surface area contributed by atoms with Crippen LogP contribution >= 0.6 is 0 Å². The summed E-state index contributed by atoms with van der Waals surface area (Å²) < 4.78 is 0. The van der Waals surface area contributed by atoms with Gasteiger partial charge in [-0.15, -0.1) is 0 Å². The van der Waals surface area contributed by atoms with Crippen molar-refractivity contribution >= 4 is 17.7 Å². The standard InChI is InChI=1S/C7H4N4O3/c8-10-9-6-2-1-5(4-12)3-7(6)11(13)14/h1-4H. The van der Waals surface area contributed by atoms with Crippen molar-refractivity contribution in [1.82, 2.24) is 0 Å². The third-order valence-electron chi connectivity index (χ3n) is 1.48. The fourth-order valence-corrected chi connectivity index (χ4v) is 0.893. The van der Waals surface area contributed by atoms with Gasteiger partial charge in [0.15, 0.2) is 0 Å². The molecule has 0 aliphatic carbocycles. The van der Waals surface area contributed by atoms with Crippen LogP contribution in [-0.4, -0.2) is 11.2 Å². The molecule has 1 aromatic carbocycles. The summed E-state index contributed by atoms with van der Waals surface area (Å²) in [6, 6.07) is 3.61. The first-order valence-corrected chi connectivity index (χ1v) is 3.47. The van der Waals surface area contributed by atoms with E-state index in [1.54, 1.807) is 0 Å². The average Bonchev–Trinajstić information content (AvgIpc) is 2.18. The molecule has 0 aliphatic rings.